The molecule has 0 rings (SSSR count). The van der Waals surface area contributed by atoms with Gasteiger partial charge in [0.05, 0.1) is 0 Å². The van der Waals surface area contributed by atoms with E-state index < -0.39 is 7.82 Å². The SMILES string of the molecule is O=P(O)(O)O.[PbH2].[V]. The second-order valence-electron chi connectivity index (χ2n) is 0.513. The first-order valence-corrected chi connectivity index (χ1v) is 2.35. The van der Waals surface area contributed by atoms with Gasteiger partial charge in [0.15, 0.2) is 0 Å². The van der Waals surface area contributed by atoms with E-state index in [1.54, 1.807) is 0 Å². The van der Waals surface area contributed by atoms with Crippen LogP contribution in [0.2, 0.25) is 0 Å². The zero-order chi connectivity index (χ0) is 4.50. The number of hydrogen-bond acceptors (Lipinski definition) is 1. The summed E-state index contributed by atoms with van der Waals surface area (Å²) in [5.74, 6) is 0. The molecule has 7 heavy (non-hydrogen) atoms. The molecule has 0 fully saturated rings. The molecule has 0 saturated heterocycles. The average Bonchev–Trinajstić information content (AvgIpc) is 0.722. The second-order valence-corrected chi connectivity index (χ2v) is 1.54. The molecule has 0 atom stereocenters. The van der Waals surface area contributed by atoms with Crippen LogP contribution in [-0.4, -0.2) is 42.0 Å². The van der Waals surface area contributed by atoms with E-state index in [9.17, 15) is 0 Å². The molecule has 4 nitrogen and oxygen atoms in total. The van der Waals surface area contributed by atoms with Gasteiger partial charge in [-0.3, -0.25) is 0 Å². The van der Waals surface area contributed by atoms with Crippen LogP contribution in [-0.2, 0) is 23.1 Å². The van der Waals surface area contributed by atoms with Gasteiger partial charge in [0.25, 0.3) is 0 Å². The Kier molecular flexibility index (Phi) is 13.0. The maximum atomic E-state index is 8.88. The Morgan fingerprint density at radius 3 is 1.14 bits per heavy atom. The molecule has 0 amide bonds. The Morgan fingerprint density at radius 1 is 1.14 bits per heavy atom. The monoisotopic (exact) mass is 359 g/mol. The summed E-state index contributed by atoms with van der Waals surface area (Å²) >= 11 is 0. The number of rotatable bonds is 0. The van der Waals surface area contributed by atoms with Gasteiger partial charge < -0.3 is 14.7 Å². The van der Waals surface area contributed by atoms with Gasteiger partial charge in [0.2, 0.25) is 0 Å². The van der Waals surface area contributed by atoms with E-state index in [4.69, 9.17) is 19.2 Å². The first-order chi connectivity index (χ1) is 2.00. The van der Waals surface area contributed by atoms with Crippen LogP contribution in [0.5, 0.6) is 0 Å². The molecule has 0 bridgehead atoms. The van der Waals surface area contributed by atoms with E-state index in [0.717, 1.165) is 0 Å². The summed E-state index contributed by atoms with van der Waals surface area (Å²) in [4.78, 5) is 21.6. The van der Waals surface area contributed by atoms with Crippen molar-refractivity contribution < 1.29 is 37.8 Å². The van der Waals surface area contributed by atoms with Gasteiger partial charge >= 0.3 is 35.1 Å². The summed E-state index contributed by atoms with van der Waals surface area (Å²) in [5.41, 5.74) is 0. The zero-order valence-corrected chi connectivity index (χ0v) is 11.1. The molecule has 0 aromatic carbocycles. The number of phosphoric acid groups is 1. The summed E-state index contributed by atoms with van der Waals surface area (Å²) in [7, 11) is -4.64. The zero-order valence-electron chi connectivity index (χ0n) is 3.35. The third-order valence-electron chi connectivity index (χ3n) is 0. The van der Waals surface area contributed by atoms with Crippen LogP contribution < -0.4 is 0 Å². The second kappa shape index (κ2) is 5.75. The Balaban J connectivity index is -0.0000000800. The molecule has 43 valence electrons. The van der Waals surface area contributed by atoms with Crippen LogP contribution in [0.15, 0.2) is 0 Å². The van der Waals surface area contributed by atoms with E-state index in [1.165, 1.54) is 0 Å². The molecular formula is H5O4PPbV. The fourth-order valence-electron chi connectivity index (χ4n) is 0. The van der Waals surface area contributed by atoms with Gasteiger partial charge in [-0.15, -0.1) is 0 Å². The van der Waals surface area contributed by atoms with E-state index >= 15 is 0 Å². The molecule has 7 heteroatoms. The number of hydrogen-bond donors (Lipinski definition) is 3. The van der Waals surface area contributed by atoms with E-state index in [0.29, 0.717) is 0 Å². The molecule has 3 radical (unpaired) electrons. The van der Waals surface area contributed by atoms with E-state index in [-0.39, 0.29) is 45.9 Å². The van der Waals surface area contributed by atoms with Crippen LogP contribution >= 0.6 is 7.82 Å². The van der Waals surface area contributed by atoms with Crippen molar-refractivity contribution in [2.45, 2.75) is 0 Å². The Morgan fingerprint density at radius 2 is 1.14 bits per heavy atom. The van der Waals surface area contributed by atoms with Crippen LogP contribution in [0.1, 0.15) is 0 Å². The normalized spacial score (nSPS) is 8.43. The predicted octanol–water partition coefficient (Wildman–Crippen LogP) is -1.85. The minimum atomic E-state index is -4.64. The molecule has 0 aliphatic carbocycles. The van der Waals surface area contributed by atoms with Gasteiger partial charge in [-0.1, -0.05) is 0 Å². The Bertz CT molecular complexity index is 57.8. The van der Waals surface area contributed by atoms with Gasteiger partial charge in [-0.25, -0.2) is 4.57 Å². The van der Waals surface area contributed by atoms with Crippen molar-refractivity contribution in [1.82, 2.24) is 0 Å². The average molecular weight is 358 g/mol. The van der Waals surface area contributed by atoms with Gasteiger partial charge in [-0.2, -0.15) is 0 Å². The fraction of sp³-hybridized carbons (Fsp3) is 0. The van der Waals surface area contributed by atoms with Crippen LogP contribution in [0.3, 0.4) is 0 Å². The van der Waals surface area contributed by atoms with Crippen LogP contribution in [0, 0.1) is 0 Å². The largest absolute Gasteiger partial charge is 0 e. The Hall–Kier alpha value is 1.62. The maximum Gasteiger partial charge on any atom is 0 e. The van der Waals surface area contributed by atoms with Gasteiger partial charge in [0.1, 0.15) is 0 Å². The van der Waals surface area contributed by atoms with Crippen LogP contribution in [0.25, 0.3) is 0 Å². The van der Waals surface area contributed by atoms with E-state index in [2.05, 4.69) is 0 Å². The molecule has 0 unspecified atom stereocenters. The quantitative estimate of drug-likeness (QED) is 0.351. The Labute approximate surface area is 72.6 Å². The molecule has 0 spiro atoms. The van der Waals surface area contributed by atoms with Gasteiger partial charge in [-0.05, 0) is 0 Å². The summed E-state index contributed by atoms with van der Waals surface area (Å²) in [6.07, 6.45) is 0. The van der Waals surface area contributed by atoms with Crippen LogP contribution in [0.4, 0.5) is 0 Å². The topological polar surface area (TPSA) is 77.8 Å². The third kappa shape index (κ3) is 91.9. The van der Waals surface area contributed by atoms with Crippen molar-refractivity contribution in [2.75, 3.05) is 0 Å². The molecule has 0 saturated carbocycles. The van der Waals surface area contributed by atoms with Crippen molar-refractivity contribution in [3.63, 3.8) is 0 Å². The predicted molar refractivity (Wildman–Crippen MR) is 22.8 cm³/mol. The summed E-state index contributed by atoms with van der Waals surface area (Å²) in [5, 5.41) is 0. The van der Waals surface area contributed by atoms with Crippen molar-refractivity contribution in [3.8, 4) is 0 Å². The summed E-state index contributed by atoms with van der Waals surface area (Å²) in [6.45, 7) is 0. The van der Waals surface area contributed by atoms with Crippen molar-refractivity contribution in [3.05, 3.63) is 0 Å². The fourth-order valence-corrected chi connectivity index (χ4v) is 0. The summed E-state index contributed by atoms with van der Waals surface area (Å²) in [6, 6.07) is 0. The van der Waals surface area contributed by atoms with Crippen molar-refractivity contribution >= 4 is 35.1 Å². The third-order valence-corrected chi connectivity index (χ3v) is 0. The molecule has 0 aliphatic rings. The minimum Gasteiger partial charge on any atom is 0 e. The van der Waals surface area contributed by atoms with Crippen molar-refractivity contribution in [1.29, 1.82) is 0 Å². The van der Waals surface area contributed by atoms with Crippen molar-refractivity contribution in [2.24, 2.45) is 0 Å². The molecule has 0 heterocycles. The molecule has 0 aromatic heterocycles. The van der Waals surface area contributed by atoms with E-state index in [1.807, 2.05) is 0 Å². The first kappa shape index (κ1) is 15.8. The smallest absolute Gasteiger partial charge is 0 e. The molecule has 0 aliphatic heterocycles. The molecule has 3 N–H and O–H groups in total. The molecular weight excluding hydrogens is 353 g/mol. The standard InChI is InChI=1S/H3O4P.Pb.V.2H/c1-5(2,3)4;;;;/h(H3,1,2,3,4);;;;. The minimum absolute atomic E-state index is 0. The summed E-state index contributed by atoms with van der Waals surface area (Å²) < 4.78 is 8.88. The molecule has 0 aromatic rings. The maximum absolute atomic E-state index is 8.88. The van der Waals surface area contributed by atoms with Gasteiger partial charge in [0, 0.05) is 18.6 Å². The first-order valence-electron chi connectivity index (χ1n) is 0.783.